The molecule has 0 aromatic carbocycles. The third-order valence-electron chi connectivity index (χ3n) is 2.95. The molecule has 0 aromatic heterocycles. The predicted molar refractivity (Wildman–Crippen MR) is 91.4 cm³/mol. The number of hydrogen-bond donors (Lipinski definition) is 2. The fraction of sp³-hybridized carbons (Fsp3) is 0.812. The molecule has 0 heterocycles. The van der Waals surface area contributed by atoms with Gasteiger partial charge >= 0.3 is 11.9 Å². The van der Waals surface area contributed by atoms with E-state index in [1.165, 1.54) is 18.7 Å². The molecule has 0 aliphatic heterocycles. The van der Waals surface area contributed by atoms with Gasteiger partial charge < -0.3 is 15.2 Å². The Bertz CT molecular complexity index is 429. The van der Waals surface area contributed by atoms with Crippen LogP contribution in [0.25, 0.3) is 0 Å². The van der Waals surface area contributed by atoms with Crippen molar-refractivity contribution < 1.29 is 24.2 Å². The molecule has 7 heteroatoms. The lowest BCUT2D eigenvalue weighted by Crippen LogP contribution is -2.41. The first-order chi connectivity index (χ1) is 10.3. The zero-order valence-corrected chi connectivity index (χ0v) is 15.7. The van der Waals surface area contributed by atoms with Gasteiger partial charge in [0.25, 0.3) is 0 Å². The Morgan fingerprint density at radius 2 is 1.74 bits per heavy atom. The van der Waals surface area contributed by atoms with Crippen LogP contribution in [0.1, 0.15) is 48.0 Å². The molecule has 0 aromatic rings. The fourth-order valence-corrected chi connectivity index (χ4v) is 3.24. The van der Waals surface area contributed by atoms with Gasteiger partial charge in [0.15, 0.2) is 0 Å². The number of amides is 1. The molecule has 0 radical (unpaired) electrons. The predicted octanol–water partition coefficient (Wildman–Crippen LogP) is 2.31. The maximum absolute atomic E-state index is 12.1. The molecule has 6 nitrogen and oxygen atoms in total. The first kappa shape index (κ1) is 21.8. The number of thioether (sulfide) groups is 1. The molecular formula is C16H29NO5S. The number of hydrogen-bond acceptors (Lipinski definition) is 5. The molecule has 2 N–H and O–H groups in total. The van der Waals surface area contributed by atoms with Crippen molar-refractivity contribution >= 4 is 29.6 Å². The zero-order valence-electron chi connectivity index (χ0n) is 14.9. The van der Waals surface area contributed by atoms with Gasteiger partial charge in [0.1, 0.15) is 12.6 Å². The van der Waals surface area contributed by atoms with Crippen molar-refractivity contribution in [1.29, 1.82) is 0 Å². The van der Waals surface area contributed by atoms with E-state index in [9.17, 15) is 14.4 Å². The lowest BCUT2D eigenvalue weighted by atomic mass is 9.76. The highest BCUT2D eigenvalue weighted by Gasteiger charge is 2.33. The Labute approximate surface area is 142 Å². The van der Waals surface area contributed by atoms with Crippen molar-refractivity contribution in [2.75, 3.05) is 18.1 Å². The first-order valence-electron chi connectivity index (χ1n) is 7.60. The van der Waals surface area contributed by atoms with E-state index in [1.807, 2.05) is 13.8 Å². The van der Waals surface area contributed by atoms with Crippen LogP contribution in [0.4, 0.5) is 0 Å². The quantitative estimate of drug-likeness (QED) is 0.491. The van der Waals surface area contributed by atoms with Gasteiger partial charge in [-0.3, -0.25) is 9.59 Å². The Kier molecular flexibility index (Phi) is 8.66. The summed E-state index contributed by atoms with van der Waals surface area (Å²) in [4.78, 5) is 34.0. The Balaban J connectivity index is 4.14. The van der Waals surface area contributed by atoms with Crippen LogP contribution in [0, 0.1) is 10.8 Å². The Morgan fingerprint density at radius 1 is 1.17 bits per heavy atom. The number of ether oxygens (including phenoxy) is 1. The van der Waals surface area contributed by atoms with Crippen LogP contribution < -0.4 is 5.32 Å². The van der Waals surface area contributed by atoms with E-state index in [2.05, 4.69) is 26.1 Å². The smallest absolute Gasteiger partial charge is 0.327 e. The standard InChI is InChI=1S/C16H29NO5S/c1-11(18)17-12(13(19)20)9-23-8-7-22-14(21)16(5,6)10-15(2,3)4/h12H,7-10H2,1-6H3,(H,17,18)(H,19,20)/t12-/m0/s1. The van der Waals surface area contributed by atoms with E-state index in [1.54, 1.807) is 0 Å². The van der Waals surface area contributed by atoms with Crippen LogP contribution in [-0.4, -0.2) is 47.1 Å². The second kappa shape index (κ2) is 9.15. The van der Waals surface area contributed by atoms with Crippen molar-refractivity contribution in [1.82, 2.24) is 5.32 Å². The van der Waals surface area contributed by atoms with E-state index in [4.69, 9.17) is 9.84 Å². The number of nitrogens with one attached hydrogen (secondary N) is 1. The van der Waals surface area contributed by atoms with Crippen molar-refractivity contribution in [2.45, 2.75) is 54.0 Å². The fourth-order valence-electron chi connectivity index (χ4n) is 2.41. The van der Waals surface area contributed by atoms with Crippen LogP contribution in [0.15, 0.2) is 0 Å². The van der Waals surface area contributed by atoms with Gasteiger partial charge in [0.2, 0.25) is 5.91 Å². The average Bonchev–Trinajstić information content (AvgIpc) is 2.32. The number of aliphatic carboxylic acids is 1. The third kappa shape index (κ3) is 10.2. The molecule has 0 bridgehead atoms. The number of carboxylic acids is 1. The van der Waals surface area contributed by atoms with Gasteiger partial charge in [-0.1, -0.05) is 20.8 Å². The minimum atomic E-state index is -1.07. The van der Waals surface area contributed by atoms with E-state index < -0.39 is 17.4 Å². The zero-order chi connectivity index (χ0) is 18.3. The summed E-state index contributed by atoms with van der Waals surface area (Å²) in [5, 5.41) is 11.3. The second-order valence-corrected chi connectivity index (χ2v) is 8.57. The molecule has 1 amide bonds. The van der Waals surface area contributed by atoms with Crippen LogP contribution >= 0.6 is 11.8 Å². The van der Waals surface area contributed by atoms with Crippen molar-refractivity contribution in [3.63, 3.8) is 0 Å². The van der Waals surface area contributed by atoms with Gasteiger partial charge in [-0.05, 0) is 25.7 Å². The molecule has 0 aliphatic carbocycles. The van der Waals surface area contributed by atoms with E-state index >= 15 is 0 Å². The van der Waals surface area contributed by atoms with E-state index in [0.29, 0.717) is 5.75 Å². The highest BCUT2D eigenvalue weighted by atomic mass is 32.2. The molecule has 0 unspecified atom stereocenters. The first-order valence-corrected chi connectivity index (χ1v) is 8.75. The number of esters is 1. The van der Waals surface area contributed by atoms with Crippen LogP contribution in [-0.2, 0) is 19.1 Å². The van der Waals surface area contributed by atoms with Gasteiger partial charge in [-0.25, -0.2) is 4.79 Å². The Hall–Kier alpha value is -1.24. The molecular weight excluding hydrogens is 318 g/mol. The summed E-state index contributed by atoms with van der Waals surface area (Å²) in [6.45, 7) is 11.5. The molecule has 134 valence electrons. The summed E-state index contributed by atoms with van der Waals surface area (Å²) in [5.74, 6) is -0.979. The van der Waals surface area contributed by atoms with Crippen LogP contribution in [0.5, 0.6) is 0 Å². The van der Waals surface area contributed by atoms with Crippen molar-refractivity contribution in [3.8, 4) is 0 Å². The molecule has 23 heavy (non-hydrogen) atoms. The highest BCUT2D eigenvalue weighted by Crippen LogP contribution is 2.34. The maximum atomic E-state index is 12.1. The van der Waals surface area contributed by atoms with Gasteiger partial charge in [0, 0.05) is 18.4 Å². The van der Waals surface area contributed by atoms with Gasteiger partial charge in [0.05, 0.1) is 5.41 Å². The number of carbonyl (C=O) groups is 3. The summed E-state index contributed by atoms with van der Waals surface area (Å²) in [6.07, 6.45) is 0.718. The summed E-state index contributed by atoms with van der Waals surface area (Å²) >= 11 is 1.32. The summed E-state index contributed by atoms with van der Waals surface area (Å²) in [7, 11) is 0. The summed E-state index contributed by atoms with van der Waals surface area (Å²) in [6, 6.07) is -0.925. The van der Waals surface area contributed by atoms with Crippen molar-refractivity contribution in [3.05, 3.63) is 0 Å². The second-order valence-electron chi connectivity index (χ2n) is 7.42. The van der Waals surface area contributed by atoms with Crippen molar-refractivity contribution in [2.24, 2.45) is 10.8 Å². The lowest BCUT2D eigenvalue weighted by Gasteiger charge is -2.30. The molecule has 1 atom stereocenters. The van der Waals surface area contributed by atoms with Gasteiger partial charge in [-0.2, -0.15) is 11.8 Å². The topological polar surface area (TPSA) is 92.7 Å². The molecule has 0 aliphatic rings. The average molecular weight is 347 g/mol. The minimum absolute atomic E-state index is 0.0321. The van der Waals surface area contributed by atoms with E-state index in [-0.39, 0.29) is 29.7 Å². The van der Waals surface area contributed by atoms with Crippen LogP contribution in [0.2, 0.25) is 0 Å². The number of carbonyl (C=O) groups excluding carboxylic acids is 2. The summed E-state index contributed by atoms with van der Waals surface area (Å²) < 4.78 is 5.28. The molecule has 0 saturated heterocycles. The lowest BCUT2D eigenvalue weighted by molar-refractivity contribution is -0.155. The Morgan fingerprint density at radius 3 is 2.17 bits per heavy atom. The molecule has 0 rings (SSSR count). The maximum Gasteiger partial charge on any atom is 0.327 e. The molecule has 0 fully saturated rings. The SMILES string of the molecule is CC(=O)N[C@@H](CSCCOC(=O)C(C)(C)CC(C)(C)C)C(=O)O. The highest BCUT2D eigenvalue weighted by molar-refractivity contribution is 7.99. The molecule has 0 saturated carbocycles. The van der Waals surface area contributed by atoms with E-state index in [0.717, 1.165) is 6.42 Å². The third-order valence-corrected chi connectivity index (χ3v) is 3.97. The molecule has 0 spiro atoms. The van der Waals surface area contributed by atoms with Gasteiger partial charge in [-0.15, -0.1) is 0 Å². The summed E-state index contributed by atoms with van der Waals surface area (Å²) in [5.41, 5.74) is -0.521. The minimum Gasteiger partial charge on any atom is -0.480 e. The normalized spacial score (nSPS) is 13.3. The number of carboxylic acid groups (broad SMARTS) is 1. The largest absolute Gasteiger partial charge is 0.480 e. The monoisotopic (exact) mass is 347 g/mol. The number of rotatable bonds is 9. The van der Waals surface area contributed by atoms with Crippen LogP contribution in [0.3, 0.4) is 0 Å².